The van der Waals surface area contributed by atoms with Crippen LogP contribution < -0.4 is 15.0 Å². The third-order valence-electron chi connectivity index (χ3n) is 5.62. The number of aliphatic carboxylic acids is 1. The maximum Gasteiger partial charge on any atom is 0.310 e. The van der Waals surface area contributed by atoms with Crippen molar-refractivity contribution < 1.29 is 14.6 Å². The van der Waals surface area contributed by atoms with Crippen LogP contribution in [-0.2, 0) is 4.79 Å². The zero-order valence-corrected chi connectivity index (χ0v) is 17.0. The minimum atomic E-state index is -0.713. The number of hydrogen-bond donors (Lipinski definition) is 2. The fourth-order valence-electron chi connectivity index (χ4n) is 3.81. The molecule has 2 aromatic carbocycles. The number of rotatable bonds is 4. The van der Waals surface area contributed by atoms with Crippen molar-refractivity contribution in [2.24, 2.45) is 5.92 Å². The second-order valence-electron chi connectivity index (χ2n) is 8.80. The number of ether oxygens (including phenoxy) is 1. The van der Waals surface area contributed by atoms with Crippen molar-refractivity contribution in [1.82, 2.24) is 0 Å². The van der Waals surface area contributed by atoms with Gasteiger partial charge in [-0.1, -0.05) is 26.0 Å². The standard InChI is InChI=1S/C23H28N2O3/c1-14(2)16-9-19(21-20(10-16)28-23(3,4)13-24-21)15-6-5-7-18(8-15)25-11-17(12-25)22(26)27/h5-10,14,17,24H,11-13H2,1-4H3,(H,26,27). The first-order valence-corrected chi connectivity index (χ1v) is 9.92. The lowest BCUT2D eigenvalue weighted by Crippen LogP contribution is -2.50. The molecule has 4 rings (SSSR count). The summed E-state index contributed by atoms with van der Waals surface area (Å²) in [4.78, 5) is 13.2. The molecular formula is C23H28N2O3. The second kappa shape index (κ2) is 6.73. The molecule has 5 heteroatoms. The predicted molar refractivity (Wildman–Crippen MR) is 113 cm³/mol. The largest absolute Gasteiger partial charge is 0.484 e. The van der Waals surface area contributed by atoms with E-state index in [0.717, 1.165) is 34.8 Å². The molecule has 2 N–H and O–H groups in total. The van der Waals surface area contributed by atoms with Crippen LogP contribution in [0.4, 0.5) is 11.4 Å². The number of fused-ring (bicyclic) bond motifs is 1. The van der Waals surface area contributed by atoms with Crippen molar-refractivity contribution >= 4 is 17.3 Å². The number of carboxylic acids is 1. The molecule has 0 radical (unpaired) electrons. The molecule has 1 saturated heterocycles. The van der Waals surface area contributed by atoms with E-state index in [1.807, 2.05) is 12.1 Å². The van der Waals surface area contributed by atoms with Gasteiger partial charge in [0.2, 0.25) is 0 Å². The first kappa shape index (κ1) is 18.7. The highest BCUT2D eigenvalue weighted by atomic mass is 16.5. The molecule has 5 nitrogen and oxygen atoms in total. The number of nitrogens with one attached hydrogen (secondary N) is 1. The van der Waals surface area contributed by atoms with E-state index in [0.29, 0.717) is 19.0 Å². The van der Waals surface area contributed by atoms with Crippen LogP contribution in [0.2, 0.25) is 0 Å². The SMILES string of the molecule is CC(C)c1cc2c(c(-c3cccc(N4CC(C(=O)O)C4)c3)c1)NCC(C)(C)O2. The molecule has 0 bridgehead atoms. The molecule has 0 saturated carbocycles. The van der Waals surface area contributed by atoms with E-state index < -0.39 is 5.97 Å². The van der Waals surface area contributed by atoms with Crippen LogP contribution in [-0.4, -0.2) is 36.3 Å². The summed E-state index contributed by atoms with van der Waals surface area (Å²) < 4.78 is 6.28. The van der Waals surface area contributed by atoms with Gasteiger partial charge < -0.3 is 20.1 Å². The number of carboxylic acid groups (broad SMARTS) is 1. The molecule has 2 aliphatic rings. The van der Waals surface area contributed by atoms with Gasteiger partial charge in [0.1, 0.15) is 11.4 Å². The lowest BCUT2D eigenvalue weighted by molar-refractivity contribution is -0.142. The molecule has 0 amide bonds. The van der Waals surface area contributed by atoms with Crippen LogP contribution in [0.1, 0.15) is 39.2 Å². The number of hydrogen-bond acceptors (Lipinski definition) is 4. The number of anilines is 2. The Labute approximate surface area is 166 Å². The number of carbonyl (C=O) groups is 1. The zero-order valence-electron chi connectivity index (χ0n) is 17.0. The summed E-state index contributed by atoms with van der Waals surface area (Å²) in [5.41, 5.74) is 5.35. The molecule has 0 aromatic heterocycles. The van der Waals surface area contributed by atoms with Crippen LogP contribution in [0, 0.1) is 5.92 Å². The Hall–Kier alpha value is -2.69. The third kappa shape index (κ3) is 3.41. The van der Waals surface area contributed by atoms with E-state index >= 15 is 0 Å². The Morgan fingerprint density at radius 1 is 1.25 bits per heavy atom. The first-order chi connectivity index (χ1) is 13.2. The molecule has 2 aliphatic heterocycles. The Morgan fingerprint density at radius 2 is 2.00 bits per heavy atom. The maximum absolute atomic E-state index is 11.1. The normalized spacial score (nSPS) is 18.1. The molecule has 2 aromatic rings. The van der Waals surface area contributed by atoms with E-state index in [2.05, 4.69) is 62.2 Å². The Morgan fingerprint density at radius 3 is 2.68 bits per heavy atom. The summed E-state index contributed by atoms with van der Waals surface area (Å²) in [6.07, 6.45) is 0. The monoisotopic (exact) mass is 380 g/mol. The summed E-state index contributed by atoms with van der Waals surface area (Å²) in [5, 5.41) is 12.7. The fraction of sp³-hybridized carbons (Fsp3) is 0.435. The minimum absolute atomic E-state index is 0.245. The predicted octanol–water partition coefficient (Wildman–Crippen LogP) is 4.58. The quantitative estimate of drug-likeness (QED) is 0.813. The average molecular weight is 380 g/mol. The van der Waals surface area contributed by atoms with Gasteiger partial charge in [0, 0.05) is 24.3 Å². The lowest BCUT2D eigenvalue weighted by Gasteiger charge is -2.39. The number of benzene rings is 2. The van der Waals surface area contributed by atoms with Gasteiger partial charge in [0.05, 0.1) is 18.2 Å². The molecule has 148 valence electrons. The summed E-state index contributed by atoms with van der Waals surface area (Å²) >= 11 is 0. The average Bonchev–Trinajstić information content (AvgIpc) is 2.58. The maximum atomic E-state index is 11.1. The topological polar surface area (TPSA) is 61.8 Å². The molecule has 0 atom stereocenters. The van der Waals surface area contributed by atoms with Crippen molar-refractivity contribution in [3.05, 3.63) is 42.0 Å². The van der Waals surface area contributed by atoms with Gasteiger partial charge in [-0.05, 0) is 55.2 Å². The number of nitrogens with zero attached hydrogens (tertiary/aromatic N) is 1. The van der Waals surface area contributed by atoms with Crippen molar-refractivity contribution in [3.8, 4) is 16.9 Å². The van der Waals surface area contributed by atoms with Crippen molar-refractivity contribution in [3.63, 3.8) is 0 Å². The summed E-state index contributed by atoms with van der Waals surface area (Å²) in [5.74, 6) is 0.318. The van der Waals surface area contributed by atoms with Gasteiger partial charge in [-0.25, -0.2) is 0 Å². The van der Waals surface area contributed by atoms with Crippen molar-refractivity contribution in [1.29, 1.82) is 0 Å². The second-order valence-corrected chi connectivity index (χ2v) is 8.80. The van der Waals surface area contributed by atoms with Crippen LogP contribution in [0.15, 0.2) is 36.4 Å². The molecule has 0 spiro atoms. The highest BCUT2D eigenvalue weighted by Crippen LogP contribution is 2.43. The summed E-state index contributed by atoms with van der Waals surface area (Å²) in [6.45, 7) is 10.4. The summed E-state index contributed by atoms with van der Waals surface area (Å²) in [6, 6.07) is 12.7. The van der Waals surface area contributed by atoms with Crippen LogP contribution in [0.25, 0.3) is 11.1 Å². The van der Waals surface area contributed by atoms with Gasteiger partial charge in [0.25, 0.3) is 0 Å². The first-order valence-electron chi connectivity index (χ1n) is 9.92. The molecular weight excluding hydrogens is 352 g/mol. The van der Waals surface area contributed by atoms with Crippen LogP contribution >= 0.6 is 0 Å². The van der Waals surface area contributed by atoms with Gasteiger partial charge in [0.15, 0.2) is 0 Å². The van der Waals surface area contributed by atoms with Gasteiger partial charge in [-0.3, -0.25) is 4.79 Å². The van der Waals surface area contributed by atoms with Gasteiger partial charge >= 0.3 is 5.97 Å². The molecule has 28 heavy (non-hydrogen) atoms. The third-order valence-corrected chi connectivity index (χ3v) is 5.62. The highest BCUT2D eigenvalue weighted by Gasteiger charge is 2.33. The molecule has 1 fully saturated rings. The van der Waals surface area contributed by atoms with E-state index in [-0.39, 0.29) is 11.5 Å². The van der Waals surface area contributed by atoms with Crippen molar-refractivity contribution in [2.45, 2.75) is 39.2 Å². The molecule has 0 aliphatic carbocycles. The minimum Gasteiger partial charge on any atom is -0.484 e. The molecule has 0 unspecified atom stereocenters. The van der Waals surface area contributed by atoms with E-state index in [4.69, 9.17) is 9.84 Å². The van der Waals surface area contributed by atoms with E-state index in [9.17, 15) is 4.79 Å². The lowest BCUT2D eigenvalue weighted by atomic mass is 9.92. The molecule has 2 heterocycles. The zero-order chi connectivity index (χ0) is 20.1. The Bertz CT molecular complexity index is 914. The van der Waals surface area contributed by atoms with Crippen LogP contribution in [0.3, 0.4) is 0 Å². The Balaban J connectivity index is 1.72. The van der Waals surface area contributed by atoms with Crippen LogP contribution in [0.5, 0.6) is 5.75 Å². The highest BCUT2D eigenvalue weighted by molar-refractivity contribution is 5.85. The van der Waals surface area contributed by atoms with Gasteiger partial charge in [-0.15, -0.1) is 0 Å². The van der Waals surface area contributed by atoms with Crippen molar-refractivity contribution in [2.75, 3.05) is 29.9 Å². The fourth-order valence-corrected chi connectivity index (χ4v) is 3.81. The Kier molecular flexibility index (Phi) is 4.48. The van der Waals surface area contributed by atoms with E-state index in [1.54, 1.807) is 0 Å². The van der Waals surface area contributed by atoms with E-state index in [1.165, 1.54) is 5.56 Å². The smallest absolute Gasteiger partial charge is 0.310 e. The van der Waals surface area contributed by atoms with Gasteiger partial charge in [-0.2, -0.15) is 0 Å². The summed E-state index contributed by atoms with van der Waals surface area (Å²) in [7, 11) is 0.